The Hall–Kier alpha value is -0.920. The summed E-state index contributed by atoms with van der Waals surface area (Å²) in [7, 11) is 0. The molecule has 0 aromatic heterocycles. The summed E-state index contributed by atoms with van der Waals surface area (Å²) in [6.45, 7) is 3.90. The maximum atomic E-state index is 13.1. The number of hydrogen-bond acceptors (Lipinski definition) is 2. The lowest BCUT2D eigenvalue weighted by Crippen LogP contribution is -2.24. The van der Waals surface area contributed by atoms with Crippen LogP contribution in [-0.4, -0.2) is 18.0 Å². The molecule has 0 fully saturated rings. The predicted octanol–water partition coefficient (Wildman–Crippen LogP) is 3.32. The maximum Gasteiger partial charge on any atom is 0.124 e. The molecule has 0 aliphatic carbocycles. The number of nitrogens with zero attached hydrogens (tertiary/aromatic N) is 2. The second kappa shape index (κ2) is 6.62. The van der Waals surface area contributed by atoms with Gasteiger partial charge in [0.15, 0.2) is 0 Å². The van der Waals surface area contributed by atoms with E-state index in [9.17, 15) is 4.39 Å². The molecule has 0 amide bonds. The van der Waals surface area contributed by atoms with Crippen LogP contribution in [0.1, 0.15) is 18.9 Å². The maximum absolute atomic E-state index is 13.1. The smallest absolute Gasteiger partial charge is 0.124 e. The minimum atomic E-state index is -0.252. The van der Waals surface area contributed by atoms with Crippen LogP contribution in [0.5, 0.6) is 0 Å². The van der Waals surface area contributed by atoms with Gasteiger partial charge in [-0.1, -0.05) is 22.9 Å². The van der Waals surface area contributed by atoms with Crippen molar-refractivity contribution >= 4 is 15.9 Å². The van der Waals surface area contributed by atoms with Gasteiger partial charge in [-0.25, -0.2) is 4.39 Å². The number of nitriles is 1. The predicted molar refractivity (Wildman–Crippen MR) is 65.3 cm³/mol. The SMILES string of the molecule is CCCN(CC#N)Cc1cc(F)cc(Br)c1. The summed E-state index contributed by atoms with van der Waals surface area (Å²) in [5.74, 6) is -0.252. The van der Waals surface area contributed by atoms with Crippen LogP contribution < -0.4 is 0 Å². The monoisotopic (exact) mass is 284 g/mol. The summed E-state index contributed by atoms with van der Waals surface area (Å²) in [5.41, 5.74) is 0.885. The molecule has 4 heteroatoms. The van der Waals surface area contributed by atoms with E-state index < -0.39 is 0 Å². The van der Waals surface area contributed by atoms with Gasteiger partial charge in [-0.15, -0.1) is 0 Å². The Labute approximate surface area is 104 Å². The van der Waals surface area contributed by atoms with E-state index in [1.54, 1.807) is 0 Å². The van der Waals surface area contributed by atoms with Crippen LogP contribution in [0, 0.1) is 17.1 Å². The van der Waals surface area contributed by atoms with Gasteiger partial charge in [0, 0.05) is 11.0 Å². The minimum absolute atomic E-state index is 0.252. The molecule has 0 radical (unpaired) electrons. The van der Waals surface area contributed by atoms with Gasteiger partial charge in [-0.05, 0) is 36.7 Å². The first-order valence-electron chi connectivity index (χ1n) is 5.20. The highest BCUT2D eigenvalue weighted by atomic mass is 79.9. The first-order chi connectivity index (χ1) is 7.65. The van der Waals surface area contributed by atoms with Crippen molar-refractivity contribution in [1.29, 1.82) is 5.26 Å². The zero-order valence-electron chi connectivity index (χ0n) is 9.21. The van der Waals surface area contributed by atoms with E-state index >= 15 is 0 Å². The van der Waals surface area contributed by atoms with Crippen LogP contribution in [-0.2, 0) is 6.54 Å². The molecular weight excluding hydrogens is 271 g/mol. The van der Waals surface area contributed by atoms with E-state index in [4.69, 9.17) is 5.26 Å². The fourth-order valence-electron chi connectivity index (χ4n) is 1.59. The Balaban J connectivity index is 2.73. The molecule has 16 heavy (non-hydrogen) atoms. The van der Waals surface area contributed by atoms with Crippen LogP contribution in [0.4, 0.5) is 4.39 Å². The van der Waals surface area contributed by atoms with Crippen molar-refractivity contribution in [3.05, 3.63) is 34.1 Å². The van der Waals surface area contributed by atoms with Crippen LogP contribution >= 0.6 is 15.9 Å². The van der Waals surface area contributed by atoms with Crippen molar-refractivity contribution in [2.24, 2.45) is 0 Å². The molecule has 0 saturated carbocycles. The lowest BCUT2D eigenvalue weighted by Gasteiger charge is -2.18. The number of rotatable bonds is 5. The van der Waals surface area contributed by atoms with Crippen molar-refractivity contribution in [3.63, 3.8) is 0 Å². The fraction of sp³-hybridized carbons (Fsp3) is 0.417. The molecule has 0 bridgehead atoms. The summed E-state index contributed by atoms with van der Waals surface area (Å²) in [4.78, 5) is 2.00. The zero-order valence-corrected chi connectivity index (χ0v) is 10.8. The van der Waals surface area contributed by atoms with E-state index in [2.05, 4.69) is 28.9 Å². The zero-order chi connectivity index (χ0) is 12.0. The second-order valence-corrected chi connectivity index (χ2v) is 4.56. The largest absolute Gasteiger partial charge is 0.286 e. The molecule has 0 saturated heterocycles. The molecule has 0 aliphatic rings. The van der Waals surface area contributed by atoms with Crippen LogP contribution in [0.3, 0.4) is 0 Å². The average Bonchev–Trinajstić information content (AvgIpc) is 2.16. The highest BCUT2D eigenvalue weighted by Gasteiger charge is 2.06. The Morgan fingerprint density at radius 3 is 2.75 bits per heavy atom. The molecule has 0 N–H and O–H groups in total. The van der Waals surface area contributed by atoms with Gasteiger partial charge in [0.1, 0.15) is 5.82 Å². The van der Waals surface area contributed by atoms with Crippen molar-refractivity contribution in [2.45, 2.75) is 19.9 Å². The summed E-state index contributed by atoms with van der Waals surface area (Å²) in [6.07, 6.45) is 0.984. The lowest BCUT2D eigenvalue weighted by molar-refractivity contribution is 0.298. The van der Waals surface area contributed by atoms with Crippen molar-refractivity contribution in [3.8, 4) is 6.07 Å². The van der Waals surface area contributed by atoms with Crippen LogP contribution in [0.25, 0.3) is 0 Å². The highest BCUT2D eigenvalue weighted by Crippen LogP contribution is 2.16. The molecular formula is C12H14BrFN2. The third-order valence-electron chi connectivity index (χ3n) is 2.16. The van der Waals surface area contributed by atoms with Gasteiger partial charge < -0.3 is 0 Å². The number of hydrogen-bond donors (Lipinski definition) is 0. The summed E-state index contributed by atoms with van der Waals surface area (Å²) in [5, 5.41) is 8.68. The van der Waals surface area contributed by atoms with E-state index in [1.807, 2.05) is 11.0 Å². The summed E-state index contributed by atoms with van der Waals surface area (Å²) in [6, 6.07) is 6.93. The van der Waals surface area contributed by atoms with Gasteiger partial charge >= 0.3 is 0 Å². The molecule has 1 rings (SSSR count). The lowest BCUT2D eigenvalue weighted by atomic mass is 10.2. The van der Waals surface area contributed by atoms with Crippen molar-refractivity contribution in [2.75, 3.05) is 13.1 Å². The third-order valence-corrected chi connectivity index (χ3v) is 2.62. The van der Waals surface area contributed by atoms with Crippen molar-refractivity contribution in [1.82, 2.24) is 4.90 Å². The van der Waals surface area contributed by atoms with Gasteiger partial charge in [-0.3, -0.25) is 4.90 Å². The number of halogens is 2. The molecule has 1 aromatic carbocycles. The summed E-state index contributed by atoms with van der Waals surface area (Å²) >= 11 is 3.26. The fourth-order valence-corrected chi connectivity index (χ4v) is 2.10. The Morgan fingerprint density at radius 2 is 2.19 bits per heavy atom. The Bertz CT molecular complexity index is 367. The molecule has 1 aromatic rings. The quantitative estimate of drug-likeness (QED) is 0.776. The molecule has 0 heterocycles. The van der Waals surface area contributed by atoms with Gasteiger partial charge in [0.2, 0.25) is 0 Å². The normalized spacial score (nSPS) is 10.4. The number of benzene rings is 1. The topological polar surface area (TPSA) is 27.0 Å². The molecule has 2 nitrogen and oxygen atoms in total. The highest BCUT2D eigenvalue weighted by molar-refractivity contribution is 9.10. The van der Waals surface area contributed by atoms with Crippen LogP contribution in [0.15, 0.2) is 22.7 Å². The van der Waals surface area contributed by atoms with Crippen molar-refractivity contribution < 1.29 is 4.39 Å². The first-order valence-corrected chi connectivity index (χ1v) is 5.99. The van der Waals surface area contributed by atoms with Crippen LogP contribution in [0.2, 0.25) is 0 Å². The van der Waals surface area contributed by atoms with Gasteiger partial charge in [-0.2, -0.15) is 5.26 Å². The molecule has 0 atom stereocenters. The molecule has 86 valence electrons. The molecule has 0 unspecified atom stereocenters. The van der Waals surface area contributed by atoms with E-state index in [1.165, 1.54) is 12.1 Å². The minimum Gasteiger partial charge on any atom is -0.286 e. The Kier molecular flexibility index (Phi) is 5.44. The average molecular weight is 285 g/mol. The van der Waals surface area contributed by atoms with Gasteiger partial charge in [0.25, 0.3) is 0 Å². The summed E-state index contributed by atoms with van der Waals surface area (Å²) < 4.78 is 13.9. The third kappa shape index (κ3) is 4.30. The standard InChI is InChI=1S/C12H14BrFN2/c1-2-4-16(5-3-15)9-10-6-11(13)8-12(14)7-10/h6-8H,2,4-5,9H2,1H3. The van der Waals surface area contributed by atoms with E-state index in [-0.39, 0.29) is 5.82 Å². The Morgan fingerprint density at radius 1 is 1.44 bits per heavy atom. The van der Waals surface area contributed by atoms with E-state index in [0.29, 0.717) is 13.1 Å². The van der Waals surface area contributed by atoms with E-state index in [0.717, 1.165) is 23.0 Å². The first kappa shape index (κ1) is 13.1. The molecule has 0 spiro atoms. The molecule has 0 aliphatic heterocycles. The second-order valence-electron chi connectivity index (χ2n) is 3.65. The van der Waals surface area contributed by atoms with Gasteiger partial charge in [0.05, 0.1) is 12.6 Å².